The van der Waals surface area contributed by atoms with Gasteiger partial charge in [-0.25, -0.2) is 4.79 Å². The summed E-state index contributed by atoms with van der Waals surface area (Å²) in [5, 5.41) is 0.458. The molecule has 0 aliphatic rings. The van der Waals surface area contributed by atoms with Crippen LogP contribution in [0.3, 0.4) is 0 Å². The lowest BCUT2D eigenvalue weighted by Gasteiger charge is -2.13. The first kappa shape index (κ1) is 15.0. The molecule has 0 saturated heterocycles. The van der Waals surface area contributed by atoms with E-state index in [1.54, 1.807) is 24.3 Å². The second-order valence-electron chi connectivity index (χ2n) is 4.24. The Balaban J connectivity index is 2.00. The van der Waals surface area contributed by atoms with E-state index in [0.717, 1.165) is 10.0 Å². The Labute approximate surface area is 130 Å². The van der Waals surface area contributed by atoms with Crippen molar-refractivity contribution in [3.63, 3.8) is 0 Å². The molecule has 0 spiro atoms. The molecule has 0 amide bonds. The molecule has 2 aromatic rings. The second kappa shape index (κ2) is 6.88. The molecule has 0 aliphatic heterocycles. The molecule has 2 rings (SSSR count). The van der Waals surface area contributed by atoms with Crippen molar-refractivity contribution in [3.05, 3.63) is 69.2 Å². The number of ether oxygens (including phenoxy) is 1. The molecule has 0 aromatic heterocycles. The average Bonchev–Trinajstić information content (AvgIpc) is 2.44. The van der Waals surface area contributed by atoms with Gasteiger partial charge in [0, 0.05) is 9.50 Å². The van der Waals surface area contributed by atoms with Gasteiger partial charge in [-0.2, -0.15) is 0 Å². The van der Waals surface area contributed by atoms with Crippen LogP contribution in [0.4, 0.5) is 0 Å². The van der Waals surface area contributed by atoms with Gasteiger partial charge < -0.3 is 10.5 Å². The third kappa shape index (κ3) is 3.82. The number of esters is 1. The Morgan fingerprint density at radius 3 is 2.70 bits per heavy atom. The summed E-state index contributed by atoms with van der Waals surface area (Å²) in [5.41, 5.74) is 7.32. The molecule has 2 aromatic carbocycles. The third-order valence-electron chi connectivity index (χ3n) is 2.76. The van der Waals surface area contributed by atoms with Crippen LogP contribution in [0.25, 0.3) is 0 Å². The van der Waals surface area contributed by atoms with Crippen molar-refractivity contribution < 1.29 is 9.53 Å². The van der Waals surface area contributed by atoms with Crippen molar-refractivity contribution in [1.82, 2.24) is 0 Å². The van der Waals surface area contributed by atoms with E-state index in [0.29, 0.717) is 10.6 Å². The van der Waals surface area contributed by atoms with Crippen molar-refractivity contribution in [2.24, 2.45) is 5.73 Å². The van der Waals surface area contributed by atoms with E-state index < -0.39 is 12.0 Å². The van der Waals surface area contributed by atoms with Crippen LogP contribution in [0, 0.1) is 0 Å². The SMILES string of the molecule is N[C@@H](C(=O)OCc1cccc(Br)c1)c1ccccc1Cl. The Kier molecular flexibility index (Phi) is 5.17. The fourth-order valence-electron chi connectivity index (χ4n) is 1.73. The average molecular weight is 355 g/mol. The van der Waals surface area contributed by atoms with Gasteiger partial charge in [0.15, 0.2) is 0 Å². The largest absolute Gasteiger partial charge is 0.459 e. The van der Waals surface area contributed by atoms with Crippen LogP contribution in [0.5, 0.6) is 0 Å². The van der Waals surface area contributed by atoms with Gasteiger partial charge >= 0.3 is 5.97 Å². The van der Waals surface area contributed by atoms with Gasteiger partial charge in [0.2, 0.25) is 0 Å². The van der Waals surface area contributed by atoms with Crippen LogP contribution < -0.4 is 5.73 Å². The summed E-state index contributed by atoms with van der Waals surface area (Å²) in [5.74, 6) is -0.502. The van der Waals surface area contributed by atoms with Crippen LogP contribution in [-0.4, -0.2) is 5.97 Å². The maximum atomic E-state index is 11.9. The van der Waals surface area contributed by atoms with Crippen LogP contribution in [0.15, 0.2) is 53.0 Å². The topological polar surface area (TPSA) is 52.3 Å². The zero-order chi connectivity index (χ0) is 14.5. The summed E-state index contributed by atoms with van der Waals surface area (Å²) >= 11 is 9.37. The molecular weight excluding hydrogens is 342 g/mol. The Morgan fingerprint density at radius 2 is 2.00 bits per heavy atom. The number of carbonyl (C=O) groups is 1. The van der Waals surface area contributed by atoms with E-state index in [1.807, 2.05) is 24.3 Å². The molecule has 2 N–H and O–H groups in total. The van der Waals surface area contributed by atoms with E-state index in [9.17, 15) is 4.79 Å². The summed E-state index contributed by atoms with van der Waals surface area (Å²) in [4.78, 5) is 11.9. The van der Waals surface area contributed by atoms with Crippen molar-refractivity contribution in [2.45, 2.75) is 12.6 Å². The van der Waals surface area contributed by atoms with Gasteiger partial charge in [-0.05, 0) is 29.3 Å². The van der Waals surface area contributed by atoms with Crippen molar-refractivity contribution in [2.75, 3.05) is 0 Å². The molecule has 104 valence electrons. The lowest BCUT2D eigenvalue weighted by atomic mass is 10.1. The van der Waals surface area contributed by atoms with Gasteiger partial charge in [-0.15, -0.1) is 0 Å². The number of nitrogens with two attached hydrogens (primary N) is 1. The maximum absolute atomic E-state index is 11.9. The highest BCUT2D eigenvalue weighted by atomic mass is 79.9. The Hall–Kier alpha value is -1.36. The fraction of sp³-hybridized carbons (Fsp3) is 0.133. The molecule has 0 aliphatic carbocycles. The molecule has 1 atom stereocenters. The summed E-state index contributed by atoms with van der Waals surface area (Å²) in [6.45, 7) is 0.177. The highest BCUT2D eigenvalue weighted by molar-refractivity contribution is 9.10. The quantitative estimate of drug-likeness (QED) is 0.849. The minimum Gasteiger partial charge on any atom is -0.459 e. The van der Waals surface area contributed by atoms with Gasteiger partial charge in [0.1, 0.15) is 12.6 Å². The van der Waals surface area contributed by atoms with Crippen LogP contribution >= 0.6 is 27.5 Å². The zero-order valence-electron chi connectivity index (χ0n) is 10.6. The van der Waals surface area contributed by atoms with Gasteiger partial charge in [-0.3, -0.25) is 0 Å². The number of benzene rings is 2. The summed E-state index contributed by atoms with van der Waals surface area (Å²) < 4.78 is 6.14. The molecule has 0 radical (unpaired) electrons. The predicted molar refractivity (Wildman–Crippen MR) is 82.3 cm³/mol. The molecule has 5 heteroatoms. The monoisotopic (exact) mass is 353 g/mol. The van der Waals surface area contributed by atoms with Gasteiger partial charge in [0.05, 0.1) is 0 Å². The standard InChI is InChI=1S/C15H13BrClNO2/c16-11-5-3-4-10(8-11)9-20-15(19)14(18)12-6-1-2-7-13(12)17/h1-8,14H,9,18H2/t14-/m1/s1. The first-order valence-corrected chi connectivity index (χ1v) is 7.16. The number of hydrogen-bond donors (Lipinski definition) is 1. The van der Waals surface area contributed by atoms with Crippen molar-refractivity contribution in [1.29, 1.82) is 0 Å². The van der Waals surface area contributed by atoms with E-state index in [4.69, 9.17) is 22.1 Å². The van der Waals surface area contributed by atoms with Crippen LogP contribution in [0.2, 0.25) is 5.02 Å². The van der Waals surface area contributed by atoms with Gasteiger partial charge in [0.25, 0.3) is 0 Å². The number of hydrogen-bond acceptors (Lipinski definition) is 3. The summed E-state index contributed by atoms with van der Waals surface area (Å²) in [6.07, 6.45) is 0. The summed E-state index contributed by atoms with van der Waals surface area (Å²) in [6, 6.07) is 13.6. The maximum Gasteiger partial charge on any atom is 0.327 e. The first-order chi connectivity index (χ1) is 9.58. The highest BCUT2D eigenvalue weighted by Crippen LogP contribution is 2.22. The summed E-state index contributed by atoms with van der Waals surface area (Å²) in [7, 11) is 0. The van der Waals surface area contributed by atoms with E-state index >= 15 is 0 Å². The van der Waals surface area contributed by atoms with Gasteiger partial charge in [-0.1, -0.05) is 57.9 Å². The molecule has 20 heavy (non-hydrogen) atoms. The van der Waals surface area contributed by atoms with Crippen molar-refractivity contribution >= 4 is 33.5 Å². The molecule has 0 unspecified atom stereocenters. The fourth-order valence-corrected chi connectivity index (χ4v) is 2.43. The number of halogens is 2. The number of rotatable bonds is 4. The minimum absolute atomic E-state index is 0.177. The minimum atomic E-state index is -0.879. The van der Waals surface area contributed by atoms with Crippen LogP contribution in [-0.2, 0) is 16.1 Å². The molecule has 0 heterocycles. The molecular formula is C15H13BrClNO2. The molecule has 0 bridgehead atoms. The van der Waals surface area contributed by atoms with E-state index in [2.05, 4.69) is 15.9 Å². The number of carbonyl (C=O) groups excluding carboxylic acids is 1. The Morgan fingerprint density at radius 1 is 1.25 bits per heavy atom. The van der Waals surface area contributed by atoms with E-state index in [1.165, 1.54) is 0 Å². The third-order valence-corrected chi connectivity index (χ3v) is 3.60. The lowest BCUT2D eigenvalue weighted by molar-refractivity contribution is -0.146. The van der Waals surface area contributed by atoms with E-state index in [-0.39, 0.29) is 6.61 Å². The lowest BCUT2D eigenvalue weighted by Crippen LogP contribution is -2.24. The predicted octanol–water partition coefficient (Wildman–Crippen LogP) is 3.85. The highest BCUT2D eigenvalue weighted by Gasteiger charge is 2.19. The second-order valence-corrected chi connectivity index (χ2v) is 5.56. The molecule has 3 nitrogen and oxygen atoms in total. The molecule has 0 saturated carbocycles. The Bertz CT molecular complexity index is 618. The molecule has 0 fully saturated rings. The van der Waals surface area contributed by atoms with Crippen LogP contribution in [0.1, 0.15) is 17.2 Å². The zero-order valence-corrected chi connectivity index (χ0v) is 12.9. The normalized spacial score (nSPS) is 11.9. The smallest absolute Gasteiger partial charge is 0.327 e. The first-order valence-electron chi connectivity index (χ1n) is 5.99. The van der Waals surface area contributed by atoms with Crippen molar-refractivity contribution in [3.8, 4) is 0 Å².